The normalized spacial score (nSPS) is 16.7. The maximum atomic E-state index is 12.3. The molecule has 0 radical (unpaired) electrons. The highest BCUT2D eigenvalue weighted by molar-refractivity contribution is 6.30. The van der Waals surface area contributed by atoms with Crippen molar-refractivity contribution in [3.63, 3.8) is 0 Å². The summed E-state index contributed by atoms with van der Waals surface area (Å²) in [6.45, 7) is 0.326. The number of ether oxygens (including phenoxy) is 4. The molecule has 0 atom stereocenters. The largest absolute Gasteiger partial charge is 0.493 e. The van der Waals surface area contributed by atoms with E-state index in [1.807, 2.05) is 12.1 Å². The first-order valence-corrected chi connectivity index (χ1v) is 8.83. The van der Waals surface area contributed by atoms with Crippen LogP contribution in [0.5, 0.6) is 17.2 Å². The van der Waals surface area contributed by atoms with Gasteiger partial charge in [-0.15, -0.1) is 0 Å². The molecule has 0 fully saturated rings. The molecule has 142 valence electrons. The summed E-state index contributed by atoms with van der Waals surface area (Å²) in [6, 6.07) is 10.6. The predicted octanol–water partition coefficient (Wildman–Crippen LogP) is 4.02. The second kappa shape index (κ2) is 7.40. The molecular formula is C21H16ClNO5. The number of methoxy groups -OCH3 is 2. The highest BCUT2D eigenvalue weighted by atomic mass is 35.5. The van der Waals surface area contributed by atoms with Gasteiger partial charge in [-0.05, 0) is 54.1 Å². The summed E-state index contributed by atoms with van der Waals surface area (Å²) in [4.78, 5) is 16.6. The van der Waals surface area contributed by atoms with E-state index in [2.05, 4.69) is 4.99 Å². The van der Waals surface area contributed by atoms with Gasteiger partial charge in [-0.1, -0.05) is 11.6 Å². The lowest BCUT2D eigenvalue weighted by atomic mass is 10.1. The van der Waals surface area contributed by atoms with E-state index >= 15 is 0 Å². The van der Waals surface area contributed by atoms with Gasteiger partial charge in [-0.25, -0.2) is 9.79 Å². The van der Waals surface area contributed by atoms with Crippen LogP contribution >= 0.6 is 11.6 Å². The zero-order valence-corrected chi connectivity index (χ0v) is 15.9. The Bertz CT molecular complexity index is 1050. The molecule has 2 aromatic rings. The number of cyclic esters (lactones) is 1. The Morgan fingerprint density at radius 1 is 1.11 bits per heavy atom. The van der Waals surface area contributed by atoms with E-state index in [1.54, 1.807) is 43.5 Å². The molecule has 2 heterocycles. The van der Waals surface area contributed by atoms with Gasteiger partial charge in [0, 0.05) is 16.1 Å². The fraction of sp³-hybridized carbons (Fsp3) is 0.143. The van der Waals surface area contributed by atoms with Crippen molar-refractivity contribution >= 4 is 29.5 Å². The average molecular weight is 398 g/mol. The monoisotopic (exact) mass is 397 g/mol. The zero-order valence-electron chi connectivity index (χ0n) is 15.2. The Kier molecular flexibility index (Phi) is 4.79. The number of aliphatic imine (C=N–C) groups is 1. The van der Waals surface area contributed by atoms with Crippen LogP contribution in [0.1, 0.15) is 11.1 Å². The third-order valence-corrected chi connectivity index (χ3v) is 4.52. The molecule has 7 heteroatoms. The van der Waals surface area contributed by atoms with Crippen LogP contribution in [-0.2, 0) is 9.53 Å². The van der Waals surface area contributed by atoms with Crippen molar-refractivity contribution in [2.45, 2.75) is 0 Å². The topological polar surface area (TPSA) is 66.4 Å². The summed E-state index contributed by atoms with van der Waals surface area (Å²) in [6.07, 6.45) is 3.56. The SMILES string of the molecule is COc1ccc(C2=N/C(=C\C3=Cc4cc(Cl)ccc4OC3)C(=O)O2)cc1OC. The number of carbonyl (C=O) groups excluding carboxylic acids is 1. The lowest BCUT2D eigenvalue weighted by Gasteiger charge is -2.16. The van der Waals surface area contributed by atoms with E-state index in [0.717, 1.165) is 16.9 Å². The maximum absolute atomic E-state index is 12.3. The lowest BCUT2D eigenvalue weighted by Crippen LogP contribution is -2.08. The fourth-order valence-corrected chi connectivity index (χ4v) is 3.11. The molecule has 0 spiro atoms. The van der Waals surface area contributed by atoms with Crippen LogP contribution in [0.25, 0.3) is 6.08 Å². The van der Waals surface area contributed by atoms with Gasteiger partial charge < -0.3 is 18.9 Å². The zero-order chi connectivity index (χ0) is 19.7. The molecule has 28 heavy (non-hydrogen) atoms. The second-order valence-corrected chi connectivity index (χ2v) is 6.53. The number of esters is 1. The van der Waals surface area contributed by atoms with Gasteiger partial charge in [0.25, 0.3) is 0 Å². The molecule has 2 aliphatic rings. The predicted molar refractivity (Wildman–Crippen MR) is 105 cm³/mol. The standard InChI is InChI=1S/C21H16ClNO5/c1-25-18-5-3-13(10-19(18)26-2)20-23-16(21(24)28-20)8-12-7-14-9-15(22)4-6-17(14)27-11-12/h3-10H,11H2,1-2H3/b16-8-. The third kappa shape index (κ3) is 3.46. The molecule has 0 saturated heterocycles. The second-order valence-electron chi connectivity index (χ2n) is 6.10. The molecular weight excluding hydrogens is 382 g/mol. The van der Waals surface area contributed by atoms with Crippen molar-refractivity contribution in [1.82, 2.24) is 0 Å². The highest BCUT2D eigenvalue weighted by Crippen LogP contribution is 2.31. The van der Waals surface area contributed by atoms with Crippen molar-refractivity contribution in [1.29, 1.82) is 0 Å². The van der Waals surface area contributed by atoms with Crippen molar-refractivity contribution in [2.75, 3.05) is 20.8 Å². The minimum absolute atomic E-state index is 0.199. The van der Waals surface area contributed by atoms with Gasteiger partial charge in [0.2, 0.25) is 5.90 Å². The van der Waals surface area contributed by atoms with E-state index < -0.39 is 5.97 Å². The van der Waals surface area contributed by atoms with E-state index in [0.29, 0.717) is 28.7 Å². The molecule has 0 saturated carbocycles. The van der Waals surface area contributed by atoms with Crippen LogP contribution in [-0.4, -0.2) is 32.7 Å². The summed E-state index contributed by atoms with van der Waals surface area (Å²) in [5, 5.41) is 0.613. The summed E-state index contributed by atoms with van der Waals surface area (Å²) in [5.41, 5.74) is 2.45. The minimum Gasteiger partial charge on any atom is -0.493 e. The van der Waals surface area contributed by atoms with Crippen molar-refractivity contribution in [2.24, 2.45) is 4.99 Å². The molecule has 0 N–H and O–H groups in total. The number of halogens is 1. The number of benzene rings is 2. The minimum atomic E-state index is -0.525. The Labute approximate surface area is 166 Å². The summed E-state index contributed by atoms with van der Waals surface area (Å²) < 4.78 is 21.5. The number of fused-ring (bicyclic) bond motifs is 1. The van der Waals surface area contributed by atoms with Crippen molar-refractivity contribution < 1.29 is 23.7 Å². The highest BCUT2D eigenvalue weighted by Gasteiger charge is 2.25. The Morgan fingerprint density at radius 2 is 1.93 bits per heavy atom. The van der Waals surface area contributed by atoms with Gasteiger partial charge in [0.1, 0.15) is 12.4 Å². The van der Waals surface area contributed by atoms with Crippen LogP contribution < -0.4 is 14.2 Å². The molecule has 0 bridgehead atoms. The Hall–Kier alpha value is -3.25. The third-order valence-electron chi connectivity index (χ3n) is 4.28. The number of hydrogen-bond donors (Lipinski definition) is 0. The van der Waals surface area contributed by atoms with Gasteiger partial charge in [-0.3, -0.25) is 0 Å². The average Bonchev–Trinajstić information content (AvgIpc) is 3.07. The lowest BCUT2D eigenvalue weighted by molar-refractivity contribution is -0.130. The van der Waals surface area contributed by atoms with Crippen LogP contribution in [0.15, 0.2) is 58.7 Å². The first-order valence-electron chi connectivity index (χ1n) is 8.45. The first kappa shape index (κ1) is 18.1. The van der Waals surface area contributed by atoms with E-state index in [-0.39, 0.29) is 11.6 Å². The molecule has 2 aliphatic heterocycles. The fourth-order valence-electron chi connectivity index (χ4n) is 2.93. The van der Waals surface area contributed by atoms with Crippen molar-refractivity contribution in [3.05, 3.63) is 69.9 Å². The van der Waals surface area contributed by atoms with E-state index in [9.17, 15) is 4.79 Å². The van der Waals surface area contributed by atoms with Crippen molar-refractivity contribution in [3.8, 4) is 17.2 Å². The van der Waals surface area contributed by atoms with Crippen LogP contribution in [0.4, 0.5) is 0 Å². The molecule has 0 aromatic heterocycles. The van der Waals surface area contributed by atoms with Gasteiger partial charge in [-0.2, -0.15) is 0 Å². The van der Waals surface area contributed by atoms with Gasteiger partial charge >= 0.3 is 5.97 Å². The van der Waals surface area contributed by atoms with E-state index in [1.165, 1.54) is 7.11 Å². The first-order chi connectivity index (χ1) is 13.6. The van der Waals surface area contributed by atoms with E-state index in [4.69, 9.17) is 30.5 Å². The van der Waals surface area contributed by atoms with Crippen LogP contribution in [0.2, 0.25) is 5.02 Å². The molecule has 0 unspecified atom stereocenters. The van der Waals surface area contributed by atoms with Gasteiger partial charge in [0.05, 0.1) is 14.2 Å². The maximum Gasteiger partial charge on any atom is 0.363 e. The summed E-state index contributed by atoms with van der Waals surface area (Å²) in [5.74, 6) is 1.53. The number of rotatable bonds is 4. The molecule has 0 amide bonds. The van der Waals surface area contributed by atoms with Gasteiger partial charge in [0.15, 0.2) is 17.2 Å². The molecule has 4 rings (SSSR count). The number of carbonyl (C=O) groups is 1. The molecule has 0 aliphatic carbocycles. The molecule has 6 nitrogen and oxygen atoms in total. The summed E-state index contributed by atoms with van der Waals surface area (Å²) >= 11 is 6.04. The Morgan fingerprint density at radius 3 is 2.71 bits per heavy atom. The van der Waals surface area contributed by atoms with Crippen LogP contribution in [0, 0.1) is 0 Å². The smallest absolute Gasteiger partial charge is 0.363 e. The van der Waals surface area contributed by atoms with Crippen LogP contribution in [0.3, 0.4) is 0 Å². The Balaban J connectivity index is 1.65. The summed E-state index contributed by atoms with van der Waals surface area (Å²) in [7, 11) is 3.09. The quantitative estimate of drug-likeness (QED) is 0.575. The number of nitrogens with zero attached hydrogens (tertiary/aromatic N) is 1. The molecule has 2 aromatic carbocycles. The number of hydrogen-bond acceptors (Lipinski definition) is 6.